The molecule has 0 saturated heterocycles. The van der Waals surface area contributed by atoms with Crippen LogP contribution in [0.4, 0.5) is 0 Å². The van der Waals surface area contributed by atoms with Crippen molar-refractivity contribution in [3.8, 4) is 0 Å². The highest BCUT2D eigenvalue weighted by atomic mass is 16.6. The van der Waals surface area contributed by atoms with Gasteiger partial charge in [0, 0.05) is 12.0 Å². The maximum absolute atomic E-state index is 5.72. The molecule has 0 amide bonds. The number of aliphatic imine (C=N–C) groups is 1. The van der Waals surface area contributed by atoms with E-state index in [4.69, 9.17) is 9.57 Å². The molecule has 2 aromatic carbocycles. The fourth-order valence-electron chi connectivity index (χ4n) is 2.72. The highest BCUT2D eigenvalue weighted by molar-refractivity contribution is 6.00. The van der Waals surface area contributed by atoms with Crippen LogP contribution in [0, 0.1) is 0 Å². The molecule has 2 atom stereocenters. The van der Waals surface area contributed by atoms with Crippen LogP contribution in [0.5, 0.6) is 0 Å². The normalized spacial score (nSPS) is 23.5. The lowest BCUT2D eigenvalue weighted by atomic mass is 10.0. The number of nitrogens with zero attached hydrogens (tertiary/aromatic N) is 2. The topological polar surface area (TPSA) is 43.2 Å². The SMILES string of the molecule is c1ccc(C2=N[C@H](C3=NO[C@H](c4ccccc4)C3)CO2)cc1. The minimum absolute atomic E-state index is 0.00725. The molecule has 2 heterocycles. The largest absolute Gasteiger partial charge is 0.475 e. The van der Waals surface area contributed by atoms with Gasteiger partial charge in [-0.15, -0.1) is 0 Å². The summed E-state index contributed by atoms with van der Waals surface area (Å²) >= 11 is 0. The van der Waals surface area contributed by atoms with Crippen molar-refractivity contribution in [2.75, 3.05) is 6.61 Å². The molecule has 0 aliphatic carbocycles. The molecule has 0 fully saturated rings. The van der Waals surface area contributed by atoms with E-state index < -0.39 is 0 Å². The second-order valence-electron chi connectivity index (χ2n) is 5.42. The van der Waals surface area contributed by atoms with Crippen molar-refractivity contribution >= 4 is 11.6 Å². The van der Waals surface area contributed by atoms with Crippen molar-refractivity contribution in [3.05, 3.63) is 71.8 Å². The Morgan fingerprint density at radius 3 is 2.41 bits per heavy atom. The first-order valence-electron chi connectivity index (χ1n) is 7.44. The third kappa shape index (κ3) is 2.48. The van der Waals surface area contributed by atoms with Crippen LogP contribution >= 0.6 is 0 Å². The van der Waals surface area contributed by atoms with E-state index in [0.717, 1.165) is 23.3 Å². The zero-order valence-electron chi connectivity index (χ0n) is 12.1. The van der Waals surface area contributed by atoms with Crippen LogP contribution in [0.15, 0.2) is 70.8 Å². The number of benzene rings is 2. The van der Waals surface area contributed by atoms with Gasteiger partial charge in [0.25, 0.3) is 0 Å². The van der Waals surface area contributed by atoms with Gasteiger partial charge in [-0.2, -0.15) is 0 Å². The van der Waals surface area contributed by atoms with Crippen molar-refractivity contribution in [2.45, 2.75) is 18.6 Å². The molecule has 4 nitrogen and oxygen atoms in total. The van der Waals surface area contributed by atoms with Crippen LogP contribution in [0.2, 0.25) is 0 Å². The minimum Gasteiger partial charge on any atom is -0.475 e. The van der Waals surface area contributed by atoms with Crippen molar-refractivity contribution in [1.29, 1.82) is 0 Å². The van der Waals surface area contributed by atoms with Gasteiger partial charge in [0.1, 0.15) is 12.6 Å². The van der Waals surface area contributed by atoms with Gasteiger partial charge in [-0.3, -0.25) is 0 Å². The monoisotopic (exact) mass is 292 g/mol. The molecular weight excluding hydrogens is 276 g/mol. The first-order valence-corrected chi connectivity index (χ1v) is 7.44. The maximum Gasteiger partial charge on any atom is 0.216 e. The fraction of sp³-hybridized carbons (Fsp3) is 0.222. The predicted molar refractivity (Wildman–Crippen MR) is 85.0 cm³/mol. The summed E-state index contributed by atoms with van der Waals surface area (Å²) in [6.07, 6.45) is 0.760. The Hall–Kier alpha value is -2.62. The van der Waals surface area contributed by atoms with Gasteiger partial charge >= 0.3 is 0 Å². The van der Waals surface area contributed by atoms with Crippen molar-refractivity contribution < 1.29 is 9.57 Å². The molecule has 4 heteroatoms. The molecule has 0 unspecified atom stereocenters. The zero-order valence-corrected chi connectivity index (χ0v) is 12.1. The smallest absolute Gasteiger partial charge is 0.216 e. The van der Waals surface area contributed by atoms with E-state index in [0.29, 0.717) is 12.5 Å². The molecule has 0 aromatic heterocycles. The summed E-state index contributed by atoms with van der Waals surface area (Å²) in [5, 5.41) is 4.23. The van der Waals surface area contributed by atoms with Crippen molar-refractivity contribution in [1.82, 2.24) is 0 Å². The Kier molecular flexibility index (Phi) is 3.35. The second kappa shape index (κ2) is 5.64. The first kappa shape index (κ1) is 13.1. The summed E-state index contributed by atoms with van der Waals surface area (Å²) in [5.41, 5.74) is 3.11. The fourth-order valence-corrected chi connectivity index (χ4v) is 2.72. The van der Waals surface area contributed by atoms with Gasteiger partial charge in [-0.1, -0.05) is 53.7 Å². The van der Waals surface area contributed by atoms with Gasteiger partial charge in [0.05, 0.1) is 5.71 Å². The van der Waals surface area contributed by atoms with Crippen LogP contribution in [-0.4, -0.2) is 24.3 Å². The van der Waals surface area contributed by atoms with E-state index >= 15 is 0 Å². The quantitative estimate of drug-likeness (QED) is 0.870. The Morgan fingerprint density at radius 2 is 1.64 bits per heavy atom. The van der Waals surface area contributed by atoms with E-state index in [1.807, 2.05) is 48.5 Å². The Morgan fingerprint density at radius 1 is 0.909 bits per heavy atom. The molecule has 2 aliphatic heterocycles. The van der Waals surface area contributed by atoms with Gasteiger partial charge in [-0.25, -0.2) is 4.99 Å². The van der Waals surface area contributed by atoms with Crippen molar-refractivity contribution in [2.24, 2.45) is 10.1 Å². The molecule has 0 N–H and O–H groups in total. The summed E-state index contributed by atoms with van der Waals surface area (Å²) in [5.74, 6) is 0.691. The Balaban J connectivity index is 1.47. The number of rotatable bonds is 3. The summed E-state index contributed by atoms with van der Waals surface area (Å²) in [6.45, 7) is 0.536. The zero-order chi connectivity index (χ0) is 14.8. The van der Waals surface area contributed by atoms with Gasteiger partial charge in [0.15, 0.2) is 6.10 Å². The molecule has 0 radical (unpaired) electrons. The summed E-state index contributed by atoms with van der Waals surface area (Å²) in [6, 6.07) is 20.1. The molecule has 0 spiro atoms. The van der Waals surface area contributed by atoms with Crippen LogP contribution in [0.3, 0.4) is 0 Å². The predicted octanol–water partition coefficient (Wildman–Crippen LogP) is 3.35. The lowest BCUT2D eigenvalue weighted by molar-refractivity contribution is 0.0857. The molecular formula is C18H16N2O2. The third-order valence-corrected chi connectivity index (χ3v) is 3.92. The molecule has 22 heavy (non-hydrogen) atoms. The first-order chi connectivity index (χ1) is 10.9. The molecule has 2 aromatic rings. The standard InChI is InChI=1S/C18H16N2O2/c1-3-7-13(8-4-1)17-11-15(20-22-17)16-12-21-18(19-16)14-9-5-2-6-10-14/h1-10,16-17H,11-12H2/t16-,17-/m0/s1. The van der Waals surface area contributed by atoms with Crippen LogP contribution in [-0.2, 0) is 9.57 Å². The van der Waals surface area contributed by atoms with E-state index in [1.54, 1.807) is 0 Å². The Bertz CT molecular complexity index is 710. The molecule has 0 saturated carbocycles. The molecule has 4 rings (SSSR count). The number of oxime groups is 1. The summed E-state index contributed by atoms with van der Waals surface area (Å²) in [4.78, 5) is 10.2. The van der Waals surface area contributed by atoms with Crippen LogP contribution in [0.1, 0.15) is 23.7 Å². The average Bonchev–Trinajstić information content (AvgIpc) is 3.26. The highest BCUT2D eigenvalue weighted by Crippen LogP contribution is 2.29. The van der Waals surface area contributed by atoms with Gasteiger partial charge in [0.2, 0.25) is 5.90 Å². The van der Waals surface area contributed by atoms with E-state index in [2.05, 4.69) is 22.3 Å². The summed E-state index contributed by atoms with van der Waals surface area (Å²) in [7, 11) is 0. The number of hydrogen-bond donors (Lipinski definition) is 0. The molecule has 0 bridgehead atoms. The van der Waals surface area contributed by atoms with Crippen LogP contribution in [0.25, 0.3) is 0 Å². The van der Waals surface area contributed by atoms with E-state index in [-0.39, 0.29) is 12.1 Å². The van der Waals surface area contributed by atoms with E-state index in [1.165, 1.54) is 0 Å². The average molecular weight is 292 g/mol. The minimum atomic E-state index is -0.0380. The third-order valence-electron chi connectivity index (χ3n) is 3.92. The Labute approximate surface area is 129 Å². The number of ether oxygens (including phenoxy) is 1. The molecule has 110 valence electrons. The second-order valence-corrected chi connectivity index (χ2v) is 5.42. The van der Waals surface area contributed by atoms with Gasteiger partial charge in [-0.05, 0) is 17.7 Å². The lowest BCUT2D eigenvalue weighted by Gasteiger charge is -2.08. The lowest BCUT2D eigenvalue weighted by Crippen LogP contribution is -2.18. The summed E-state index contributed by atoms with van der Waals surface area (Å²) < 4.78 is 5.72. The maximum atomic E-state index is 5.72. The van der Waals surface area contributed by atoms with Crippen LogP contribution < -0.4 is 0 Å². The highest BCUT2D eigenvalue weighted by Gasteiger charge is 2.32. The van der Waals surface area contributed by atoms with Gasteiger partial charge < -0.3 is 9.57 Å². The van der Waals surface area contributed by atoms with Crippen molar-refractivity contribution in [3.63, 3.8) is 0 Å². The number of hydrogen-bond acceptors (Lipinski definition) is 4. The molecule has 2 aliphatic rings. The van der Waals surface area contributed by atoms with E-state index in [9.17, 15) is 0 Å².